The molecule has 1 aromatic rings. The maximum absolute atomic E-state index is 12.2. The zero-order chi connectivity index (χ0) is 15.1. The number of benzene rings is 1. The van der Waals surface area contributed by atoms with E-state index in [1.165, 1.54) is 0 Å². The van der Waals surface area contributed by atoms with E-state index in [4.69, 9.17) is 10.5 Å². The van der Waals surface area contributed by atoms with Gasteiger partial charge in [0.05, 0.1) is 12.2 Å². The molecule has 1 rings (SSSR count). The summed E-state index contributed by atoms with van der Waals surface area (Å²) < 4.78 is 5.22. The molecule has 5 nitrogen and oxygen atoms in total. The van der Waals surface area contributed by atoms with Crippen LogP contribution in [0.2, 0.25) is 0 Å². The summed E-state index contributed by atoms with van der Waals surface area (Å²) in [7, 11) is 5.15. The summed E-state index contributed by atoms with van der Waals surface area (Å²) in [5.74, 6) is -0.0415. The predicted molar refractivity (Wildman–Crippen MR) is 83.1 cm³/mol. The molecule has 112 valence electrons. The van der Waals surface area contributed by atoms with E-state index in [0.29, 0.717) is 17.9 Å². The van der Waals surface area contributed by atoms with Crippen molar-refractivity contribution < 1.29 is 9.53 Å². The van der Waals surface area contributed by atoms with Gasteiger partial charge in [0.15, 0.2) is 0 Å². The van der Waals surface area contributed by atoms with Gasteiger partial charge in [0.1, 0.15) is 0 Å². The van der Waals surface area contributed by atoms with Crippen molar-refractivity contribution in [3.8, 4) is 0 Å². The van der Waals surface area contributed by atoms with Crippen LogP contribution in [0, 0.1) is 0 Å². The Balaban J connectivity index is 3.01. The summed E-state index contributed by atoms with van der Waals surface area (Å²) in [6.45, 7) is 2.72. The maximum Gasteiger partial charge on any atom is 0.255 e. The molecule has 0 bridgehead atoms. The van der Waals surface area contributed by atoms with Crippen LogP contribution < -0.4 is 11.1 Å². The molecule has 3 N–H and O–H groups in total. The SMILES string of the molecule is CCCC(COC)Nc1cc(N)ccc1C(=O)N(C)C. The van der Waals surface area contributed by atoms with E-state index in [-0.39, 0.29) is 11.9 Å². The van der Waals surface area contributed by atoms with Gasteiger partial charge < -0.3 is 20.7 Å². The largest absolute Gasteiger partial charge is 0.399 e. The van der Waals surface area contributed by atoms with Gasteiger partial charge in [0.2, 0.25) is 0 Å². The molecule has 0 aliphatic heterocycles. The molecule has 0 aliphatic rings. The Hall–Kier alpha value is -1.75. The monoisotopic (exact) mass is 279 g/mol. The van der Waals surface area contributed by atoms with Crippen LogP contribution in [0.25, 0.3) is 0 Å². The number of carbonyl (C=O) groups excluding carboxylic acids is 1. The highest BCUT2D eigenvalue weighted by Gasteiger charge is 2.16. The van der Waals surface area contributed by atoms with Crippen molar-refractivity contribution in [3.63, 3.8) is 0 Å². The van der Waals surface area contributed by atoms with Crippen LogP contribution in [0.4, 0.5) is 11.4 Å². The van der Waals surface area contributed by atoms with Gasteiger partial charge in [-0.25, -0.2) is 0 Å². The molecule has 0 aliphatic carbocycles. The van der Waals surface area contributed by atoms with E-state index < -0.39 is 0 Å². The molecule has 20 heavy (non-hydrogen) atoms. The normalized spacial score (nSPS) is 12.0. The molecule has 0 saturated heterocycles. The average molecular weight is 279 g/mol. The van der Waals surface area contributed by atoms with Crippen LogP contribution in [0.1, 0.15) is 30.1 Å². The summed E-state index contributed by atoms with van der Waals surface area (Å²) >= 11 is 0. The number of carbonyl (C=O) groups is 1. The third-order valence-corrected chi connectivity index (χ3v) is 3.04. The highest BCUT2D eigenvalue weighted by molar-refractivity contribution is 6.00. The lowest BCUT2D eigenvalue weighted by atomic mass is 10.1. The number of ether oxygens (including phenoxy) is 1. The van der Waals surface area contributed by atoms with Crippen molar-refractivity contribution in [1.82, 2.24) is 4.90 Å². The number of anilines is 2. The standard InChI is InChI=1S/C15H25N3O2/c1-5-6-12(10-20-4)17-14-9-11(16)7-8-13(14)15(19)18(2)3/h7-9,12,17H,5-6,10,16H2,1-4H3. The minimum absolute atomic E-state index is 0.0415. The van der Waals surface area contributed by atoms with Gasteiger partial charge in [-0.2, -0.15) is 0 Å². The molecular weight excluding hydrogens is 254 g/mol. The molecule has 5 heteroatoms. The zero-order valence-corrected chi connectivity index (χ0v) is 12.8. The number of rotatable bonds is 7. The van der Waals surface area contributed by atoms with Crippen molar-refractivity contribution in [2.75, 3.05) is 38.9 Å². The van der Waals surface area contributed by atoms with E-state index in [2.05, 4.69) is 12.2 Å². The molecule has 1 aromatic carbocycles. The first-order chi connectivity index (χ1) is 9.49. The van der Waals surface area contributed by atoms with Crippen LogP contribution >= 0.6 is 0 Å². The van der Waals surface area contributed by atoms with Gasteiger partial charge in [0.25, 0.3) is 5.91 Å². The first-order valence-electron chi connectivity index (χ1n) is 6.86. The van der Waals surface area contributed by atoms with Gasteiger partial charge in [-0.1, -0.05) is 13.3 Å². The van der Waals surface area contributed by atoms with E-state index in [1.54, 1.807) is 44.3 Å². The van der Waals surface area contributed by atoms with Crippen molar-refractivity contribution in [2.45, 2.75) is 25.8 Å². The summed E-state index contributed by atoms with van der Waals surface area (Å²) in [5, 5.41) is 3.37. The highest BCUT2D eigenvalue weighted by Crippen LogP contribution is 2.22. The number of methoxy groups -OCH3 is 1. The second kappa shape index (κ2) is 7.75. The van der Waals surface area contributed by atoms with E-state index in [9.17, 15) is 4.79 Å². The number of nitrogens with two attached hydrogens (primary N) is 1. The van der Waals surface area contributed by atoms with Crippen molar-refractivity contribution in [3.05, 3.63) is 23.8 Å². The Bertz CT molecular complexity index is 441. The molecule has 0 saturated carbocycles. The van der Waals surface area contributed by atoms with Gasteiger partial charge in [-0.15, -0.1) is 0 Å². The Morgan fingerprint density at radius 1 is 1.45 bits per heavy atom. The fourth-order valence-corrected chi connectivity index (χ4v) is 2.08. The summed E-state index contributed by atoms with van der Waals surface area (Å²) in [6.07, 6.45) is 2.01. The lowest BCUT2D eigenvalue weighted by molar-refractivity contribution is 0.0828. The minimum Gasteiger partial charge on any atom is -0.399 e. The third kappa shape index (κ3) is 4.42. The second-order valence-corrected chi connectivity index (χ2v) is 5.09. The predicted octanol–water partition coefficient (Wildman–Crippen LogP) is 2.20. The number of nitrogens with zero attached hydrogens (tertiary/aromatic N) is 1. The van der Waals surface area contributed by atoms with Crippen LogP contribution in [-0.2, 0) is 4.74 Å². The van der Waals surface area contributed by atoms with Crippen molar-refractivity contribution in [1.29, 1.82) is 0 Å². The van der Waals surface area contributed by atoms with E-state index in [1.807, 2.05) is 0 Å². The van der Waals surface area contributed by atoms with Crippen molar-refractivity contribution >= 4 is 17.3 Å². The first-order valence-corrected chi connectivity index (χ1v) is 6.86. The fraction of sp³-hybridized carbons (Fsp3) is 0.533. The summed E-state index contributed by atoms with van der Waals surface area (Å²) in [6, 6.07) is 5.47. The topological polar surface area (TPSA) is 67.6 Å². The van der Waals surface area contributed by atoms with Gasteiger partial charge >= 0.3 is 0 Å². The smallest absolute Gasteiger partial charge is 0.255 e. The van der Waals surface area contributed by atoms with Gasteiger partial charge in [0, 0.05) is 38.6 Å². The number of nitrogens with one attached hydrogen (secondary N) is 1. The minimum atomic E-state index is -0.0415. The van der Waals surface area contributed by atoms with E-state index in [0.717, 1.165) is 18.5 Å². The molecule has 1 atom stereocenters. The Labute approximate surface area is 121 Å². The van der Waals surface area contributed by atoms with Crippen LogP contribution in [0.15, 0.2) is 18.2 Å². The Morgan fingerprint density at radius 2 is 2.15 bits per heavy atom. The number of nitrogen functional groups attached to an aromatic ring is 1. The molecule has 0 fully saturated rings. The molecule has 1 unspecified atom stereocenters. The zero-order valence-electron chi connectivity index (χ0n) is 12.8. The maximum atomic E-state index is 12.2. The number of amides is 1. The Morgan fingerprint density at radius 3 is 2.70 bits per heavy atom. The van der Waals surface area contributed by atoms with Crippen molar-refractivity contribution in [2.24, 2.45) is 0 Å². The molecule has 0 aromatic heterocycles. The first kappa shape index (κ1) is 16.3. The molecule has 0 heterocycles. The van der Waals surface area contributed by atoms with Crippen LogP contribution in [0.3, 0.4) is 0 Å². The van der Waals surface area contributed by atoms with Crippen LogP contribution in [0.5, 0.6) is 0 Å². The molecule has 0 spiro atoms. The fourth-order valence-electron chi connectivity index (χ4n) is 2.08. The average Bonchev–Trinajstić information content (AvgIpc) is 2.38. The van der Waals surface area contributed by atoms with E-state index >= 15 is 0 Å². The lowest BCUT2D eigenvalue weighted by Crippen LogP contribution is -2.28. The number of hydrogen-bond acceptors (Lipinski definition) is 4. The quantitative estimate of drug-likeness (QED) is 0.751. The van der Waals surface area contributed by atoms with Crippen LogP contribution in [-0.4, -0.2) is 44.7 Å². The molecule has 0 radical (unpaired) electrons. The molecular formula is C15H25N3O2. The Kier molecular flexibility index (Phi) is 6.31. The van der Waals surface area contributed by atoms with Gasteiger partial charge in [-0.3, -0.25) is 4.79 Å². The second-order valence-electron chi connectivity index (χ2n) is 5.09. The lowest BCUT2D eigenvalue weighted by Gasteiger charge is -2.22. The van der Waals surface area contributed by atoms with Gasteiger partial charge in [-0.05, 0) is 24.6 Å². The highest BCUT2D eigenvalue weighted by atomic mass is 16.5. The third-order valence-electron chi connectivity index (χ3n) is 3.04. The molecule has 1 amide bonds. The number of hydrogen-bond donors (Lipinski definition) is 2. The summed E-state index contributed by atoms with van der Waals surface area (Å²) in [5.41, 5.74) is 7.86. The summed E-state index contributed by atoms with van der Waals surface area (Å²) in [4.78, 5) is 13.7.